The summed E-state index contributed by atoms with van der Waals surface area (Å²) in [6, 6.07) is 3.40. The summed E-state index contributed by atoms with van der Waals surface area (Å²) in [6.07, 6.45) is 1.57. The van der Waals surface area contributed by atoms with Crippen molar-refractivity contribution in [2.24, 2.45) is 0 Å². The summed E-state index contributed by atoms with van der Waals surface area (Å²) >= 11 is 0. The molecule has 0 aromatic carbocycles. The third kappa shape index (κ3) is 3.77. The molecular formula is C14H21NO4S. The molecule has 0 bridgehead atoms. The predicted molar refractivity (Wildman–Crippen MR) is 75.3 cm³/mol. The predicted octanol–water partition coefficient (Wildman–Crippen LogP) is 1.92. The van der Waals surface area contributed by atoms with Crippen LogP contribution in [0.15, 0.2) is 23.4 Å². The van der Waals surface area contributed by atoms with Gasteiger partial charge >= 0.3 is 0 Å². The van der Waals surface area contributed by atoms with Crippen molar-refractivity contribution in [2.45, 2.75) is 43.9 Å². The lowest BCUT2D eigenvalue weighted by Gasteiger charge is -2.18. The Hall–Kier alpha value is -0.980. The summed E-state index contributed by atoms with van der Waals surface area (Å²) in [5, 5.41) is 0.114. The minimum Gasteiger partial charge on any atom is -0.350 e. The molecule has 112 valence electrons. The molecule has 0 N–H and O–H groups in total. The minimum absolute atomic E-state index is 0.0144. The highest BCUT2D eigenvalue weighted by Gasteiger charge is 2.23. The number of nitrogens with zero attached hydrogens (tertiary/aromatic N) is 1. The van der Waals surface area contributed by atoms with E-state index in [-0.39, 0.29) is 16.2 Å². The highest BCUT2D eigenvalue weighted by atomic mass is 32.2. The molecular weight excluding hydrogens is 278 g/mol. The third-order valence-electron chi connectivity index (χ3n) is 3.23. The average molecular weight is 299 g/mol. The summed E-state index contributed by atoms with van der Waals surface area (Å²) in [5.74, 6) is -0.0144. The van der Waals surface area contributed by atoms with Gasteiger partial charge in [0.2, 0.25) is 0 Å². The Bertz CT molecular complexity index is 540. The number of aromatic nitrogens is 1. The summed E-state index contributed by atoms with van der Waals surface area (Å²) in [5.41, 5.74) is 0.972. The van der Waals surface area contributed by atoms with Crippen molar-refractivity contribution < 1.29 is 17.9 Å². The zero-order valence-corrected chi connectivity index (χ0v) is 12.9. The van der Waals surface area contributed by atoms with E-state index in [4.69, 9.17) is 9.47 Å². The Labute approximate surface area is 120 Å². The van der Waals surface area contributed by atoms with Crippen LogP contribution in [-0.4, -0.2) is 38.7 Å². The quantitative estimate of drug-likeness (QED) is 0.849. The molecule has 0 aliphatic carbocycles. The molecule has 20 heavy (non-hydrogen) atoms. The Kier molecular flexibility index (Phi) is 4.46. The van der Waals surface area contributed by atoms with E-state index in [1.54, 1.807) is 12.3 Å². The van der Waals surface area contributed by atoms with Crippen molar-refractivity contribution in [3.8, 4) is 0 Å². The smallest absolute Gasteiger partial charge is 0.195 e. The van der Waals surface area contributed by atoms with E-state index in [0.29, 0.717) is 19.6 Å². The van der Waals surface area contributed by atoms with Crippen molar-refractivity contribution in [1.29, 1.82) is 0 Å². The van der Waals surface area contributed by atoms with Crippen LogP contribution in [0.1, 0.15) is 32.8 Å². The van der Waals surface area contributed by atoms with Gasteiger partial charge in [0, 0.05) is 12.6 Å². The van der Waals surface area contributed by atoms with E-state index in [0.717, 1.165) is 5.56 Å². The molecule has 1 aliphatic heterocycles. The van der Waals surface area contributed by atoms with Crippen LogP contribution in [0, 0.1) is 0 Å². The van der Waals surface area contributed by atoms with Gasteiger partial charge in [-0.2, -0.15) is 0 Å². The van der Waals surface area contributed by atoms with Gasteiger partial charge in [-0.25, -0.2) is 13.4 Å². The molecule has 2 heterocycles. The van der Waals surface area contributed by atoms with Gasteiger partial charge in [0.25, 0.3) is 0 Å². The van der Waals surface area contributed by atoms with Crippen LogP contribution < -0.4 is 0 Å². The van der Waals surface area contributed by atoms with Gasteiger partial charge in [-0.15, -0.1) is 0 Å². The van der Waals surface area contributed by atoms with Gasteiger partial charge in [-0.1, -0.05) is 26.8 Å². The Balaban J connectivity index is 2.05. The van der Waals surface area contributed by atoms with Crippen LogP contribution in [0.2, 0.25) is 0 Å². The van der Waals surface area contributed by atoms with Gasteiger partial charge in [-0.3, -0.25) is 0 Å². The highest BCUT2D eigenvalue weighted by Crippen LogP contribution is 2.22. The Morgan fingerprint density at radius 3 is 2.40 bits per heavy atom. The molecule has 1 aromatic heterocycles. The maximum Gasteiger partial charge on any atom is 0.195 e. The molecule has 0 spiro atoms. The summed E-state index contributed by atoms with van der Waals surface area (Å²) in [6.45, 7) is 7.25. The topological polar surface area (TPSA) is 65.5 Å². The van der Waals surface area contributed by atoms with Crippen LogP contribution in [0.3, 0.4) is 0 Å². The van der Waals surface area contributed by atoms with Crippen molar-refractivity contribution in [3.05, 3.63) is 23.9 Å². The van der Waals surface area contributed by atoms with Gasteiger partial charge in [0.05, 0.1) is 19.0 Å². The first-order chi connectivity index (χ1) is 9.29. The van der Waals surface area contributed by atoms with Crippen LogP contribution >= 0.6 is 0 Å². The largest absolute Gasteiger partial charge is 0.350 e. The molecule has 5 nitrogen and oxygen atoms in total. The number of rotatable bonds is 4. The first kappa shape index (κ1) is 15.4. The SMILES string of the molecule is CC(C)(C)c1ccc(S(=O)(=O)CCC2OCCO2)nc1. The zero-order valence-electron chi connectivity index (χ0n) is 12.1. The molecule has 0 saturated carbocycles. The fourth-order valence-corrected chi connectivity index (χ4v) is 3.14. The van der Waals surface area contributed by atoms with Crippen LogP contribution in [0.5, 0.6) is 0 Å². The molecule has 2 rings (SSSR count). The van der Waals surface area contributed by atoms with Gasteiger partial charge < -0.3 is 9.47 Å². The van der Waals surface area contributed by atoms with Crippen LogP contribution in [0.25, 0.3) is 0 Å². The second kappa shape index (κ2) is 5.79. The second-order valence-corrected chi connectivity index (χ2v) is 7.97. The summed E-state index contributed by atoms with van der Waals surface area (Å²) in [4.78, 5) is 4.09. The monoisotopic (exact) mass is 299 g/mol. The van der Waals surface area contributed by atoms with E-state index < -0.39 is 16.1 Å². The standard InChI is InChI=1S/C14H21NO4S/c1-14(2,3)11-4-5-12(15-10-11)20(16,17)9-6-13-18-7-8-19-13/h4-5,10,13H,6-9H2,1-3H3. The first-order valence-electron chi connectivity index (χ1n) is 6.71. The molecule has 0 atom stereocenters. The maximum absolute atomic E-state index is 12.2. The fraction of sp³-hybridized carbons (Fsp3) is 0.643. The summed E-state index contributed by atoms with van der Waals surface area (Å²) < 4.78 is 34.8. The van der Waals surface area contributed by atoms with E-state index in [9.17, 15) is 8.42 Å². The molecule has 1 aliphatic rings. The molecule has 0 unspecified atom stereocenters. The lowest BCUT2D eigenvalue weighted by Crippen LogP contribution is -2.17. The lowest BCUT2D eigenvalue weighted by molar-refractivity contribution is -0.0424. The summed E-state index contributed by atoms with van der Waals surface area (Å²) in [7, 11) is -3.38. The van der Waals surface area contributed by atoms with Gasteiger partial charge in [-0.05, 0) is 17.0 Å². The molecule has 0 amide bonds. The van der Waals surface area contributed by atoms with E-state index in [1.165, 1.54) is 0 Å². The average Bonchev–Trinajstić information content (AvgIpc) is 2.89. The Morgan fingerprint density at radius 2 is 1.90 bits per heavy atom. The van der Waals surface area contributed by atoms with Crippen molar-refractivity contribution in [3.63, 3.8) is 0 Å². The normalized spacial score (nSPS) is 17.6. The second-order valence-electron chi connectivity index (χ2n) is 5.91. The molecule has 1 aromatic rings. The van der Waals surface area contributed by atoms with Crippen molar-refractivity contribution in [2.75, 3.05) is 19.0 Å². The number of hydrogen-bond acceptors (Lipinski definition) is 5. The number of hydrogen-bond donors (Lipinski definition) is 0. The maximum atomic E-state index is 12.2. The third-order valence-corrected chi connectivity index (χ3v) is 4.89. The Morgan fingerprint density at radius 1 is 1.25 bits per heavy atom. The minimum atomic E-state index is -3.38. The van der Waals surface area contributed by atoms with Gasteiger partial charge in [0.15, 0.2) is 21.2 Å². The van der Waals surface area contributed by atoms with E-state index in [1.807, 2.05) is 6.07 Å². The number of ether oxygens (including phenoxy) is 2. The van der Waals surface area contributed by atoms with Gasteiger partial charge in [0.1, 0.15) is 0 Å². The molecule has 1 saturated heterocycles. The van der Waals surface area contributed by atoms with Crippen LogP contribution in [-0.2, 0) is 24.7 Å². The first-order valence-corrected chi connectivity index (χ1v) is 8.37. The van der Waals surface area contributed by atoms with Crippen molar-refractivity contribution in [1.82, 2.24) is 4.98 Å². The number of sulfone groups is 1. The molecule has 0 radical (unpaired) electrons. The number of pyridine rings is 1. The van der Waals surface area contributed by atoms with Crippen LogP contribution in [0.4, 0.5) is 0 Å². The van der Waals surface area contributed by atoms with E-state index >= 15 is 0 Å². The fourth-order valence-electron chi connectivity index (χ4n) is 1.94. The molecule has 6 heteroatoms. The van der Waals surface area contributed by atoms with Crippen molar-refractivity contribution >= 4 is 9.84 Å². The van der Waals surface area contributed by atoms with E-state index in [2.05, 4.69) is 25.8 Å². The zero-order chi connectivity index (χ0) is 14.8. The highest BCUT2D eigenvalue weighted by molar-refractivity contribution is 7.91. The lowest BCUT2D eigenvalue weighted by atomic mass is 9.88. The molecule has 1 fully saturated rings.